The minimum Gasteiger partial charge on any atom is -0.369 e. The standard InChI is InChI=1S/C15H19N5O/c16-15(21)12-1-3-14(4-2-12)20-9-7-19(8-10-20)11-13-5-6-17-18-13/h1-6H,7-11H2,(H2,16,21)(H,17,18). The van der Waals surface area contributed by atoms with Crippen molar-refractivity contribution >= 4 is 11.6 Å². The van der Waals surface area contributed by atoms with Crippen molar-refractivity contribution in [1.82, 2.24) is 15.1 Å². The summed E-state index contributed by atoms with van der Waals surface area (Å²) in [6.45, 7) is 4.84. The smallest absolute Gasteiger partial charge is 0.248 e. The number of carbonyl (C=O) groups is 1. The Balaban J connectivity index is 1.56. The van der Waals surface area contributed by atoms with E-state index in [0.29, 0.717) is 5.56 Å². The Morgan fingerprint density at radius 2 is 1.86 bits per heavy atom. The molecule has 0 bridgehead atoms. The van der Waals surface area contributed by atoms with Gasteiger partial charge in [0.1, 0.15) is 0 Å². The van der Waals surface area contributed by atoms with Gasteiger partial charge in [0.15, 0.2) is 0 Å². The van der Waals surface area contributed by atoms with Crippen molar-refractivity contribution in [2.75, 3.05) is 31.1 Å². The molecule has 3 N–H and O–H groups in total. The van der Waals surface area contributed by atoms with Gasteiger partial charge in [-0.2, -0.15) is 5.10 Å². The molecule has 0 aliphatic carbocycles. The number of nitrogens with two attached hydrogens (primary N) is 1. The molecule has 1 aliphatic rings. The average molecular weight is 285 g/mol. The number of aromatic amines is 1. The van der Waals surface area contributed by atoms with Crippen LogP contribution < -0.4 is 10.6 Å². The molecule has 6 heteroatoms. The number of primary amides is 1. The second-order valence-corrected chi connectivity index (χ2v) is 5.24. The molecule has 1 amide bonds. The van der Waals surface area contributed by atoms with E-state index in [9.17, 15) is 4.79 Å². The summed E-state index contributed by atoms with van der Waals surface area (Å²) in [5.41, 5.74) is 8.03. The van der Waals surface area contributed by atoms with Crippen molar-refractivity contribution < 1.29 is 4.79 Å². The third-order valence-corrected chi connectivity index (χ3v) is 3.83. The minimum atomic E-state index is -0.384. The third kappa shape index (κ3) is 3.22. The topological polar surface area (TPSA) is 78.3 Å². The molecule has 0 atom stereocenters. The lowest BCUT2D eigenvalue weighted by molar-refractivity contribution is 0.100. The first-order valence-electron chi connectivity index (χ1n) is 7.08. The second-order valence-electron chi connectivity index (χ2n) is 5.24. The highest BCUT2D eigenvalue weighted by Gasteiger charge is 2.17. The maximum atomic E-state index is 11.1. The summed E-state index contributed by atoms with van der Waals surface area (Å²) in [7, 11) is 0. The van der Waals surface area contributed by atoms with E-state index in [4.69, 9.17) is 5.73 Å². The van der Waals surface area contributed by atoms with Crippen LogP contribution in [0.1, 0.15) is 16.1 Å². The molecule has 1 aromatic carbocycles. The highest BCUT2D eigenvalue weighted by Crippen LogP contribution is 2.17. The van der Waals surface area contributed by atoms with Gasteiger partial charge in [-0.1, -0.05) is 0 Å². The van der Waals surface area contributed by atoms with Gasteiger partial charge in [-0.05, 0) is 30.3 Å². The Labute approximate surface area is 123 Å². The predicted molar refractivity (Wildman–Crippen MR) is 81.0 cm³/mol. The van der Waals surface area contributed by atoms with Gasteiger partial charge in [0, 0.05) is 50.2 Å². The summed E-state index contributed by atoms with van der Waals surface area (Å²) in [5.74, 6) is -0.384. The van der Waals surface area contributed by atoms with Gasteiger partial charge in [-0.15, -0.1) is 0 Å². The first-order chi connectivity index (χ1) is 10.2. The summed E-state index contributed by atoms with van der Waals surface area (Å²) >= 11 is 0. The first kappa shape index (κ1) is 13.6. The normalized spacial score (nSPS) is 16.1. The number of nitrogens with one attached hydrogen (secondary N) is 1. The fourth-order valence-corrected chi connectivity index (χ4v) is 2.61. The van der Waals surface area contributed by atoms with Crippen molar-refractivity contribution in [3.8, 4) is 0 Å². The van der Waals surface area contributed by atoms with Crippen molar-refractivity contribution in [1.29, 1.82) is 0 Å². The van der Waals surface area contributed by atoms with E-state index in [1.165, 1.54) is 0 Å². The van der Waals surface area contributed by atoms with Gasteiger partial charge >= 0.3 is 0 Å². The maximum absolute atomic E-state index is 11.1. The van der Waals surface area contributed by atoms with E-state index in [1.54, 1.807) is 12.1 Å². The Morgan fingerprint density at radius 3 is 2.43 bits per heavy atom. The Kier molecular flexibility index (Phi) is 3.87. The zero-order chi connectivity index (χ0) is 14.7. The summed E-state index contributed by atoms with van der Waals surface area (Å²) in [5, 5.41) is 7.03. The summed E-state index contributed by atoms with van der Waals surface area (Å²) < 4.78 is 0. The van der Waals surface area contributed by atoms with Crippen LogP contribution in [0.5, 0.6) is 0 Å². The number of nitrogens with zero attached hydrogens (tertiary/aromatic N) is 3. The molecule has 0 saturated carbocycles. The zero-order valence-corrected chi connectivity index (χ0v) is 11.8. The Hall–Kier alpha value is -2.34. The molecule has 0 radical (unpaired) electrons. The van der Waals surface area contributed by atoms with Crippen molar-refractivity contribution in [3.63, 3.8) is 0 Å². The number of carbonyl (C=O) groups excluding carboxylic acids is 1. The van der Waals surface area contributed by atoms with Crippen LogP contribution in [-0.2, 0) is 6.54 Å². The number of hydrogen-bond acceptors (Lipinski definition) is 4. The van der Waals surface area contributed by atoms with E-state index in [2.05, 4.69) is 20.0 Å². The van der Waals surface area contributed by atoms with Crippen LogP contribution >= 0.6 is 0 Å². The van der Waals surface area contributed by atoms with Crippen LogP contribution in [0.3, 0.4) is 0 Å². The molecule has 1 aliphatic heterocycles. The summed E-state index contributed by atoms with van der Waals surface area (Å²) in [6.07, 6.45) is 1.85. The molecule has 1 fully saturated rings. The molecular weight excluding hydrogens is 266 g/mol. The lowest BCUT2D eigenvalue weighted by Gasteiger charge is -2.35. The average Bonchev–Trinajstić information content (AvgIpc) is 3.01. The van der Waals surface area contributed by atoms with Gasteiger partial charge in [0.25, 0.3) is 0 Å². The van der Waals surface area contributed by atoms with Crippen LogP contribution in [0, 0.1) is 0 Å². The Bertz CT molecular complexity index is 585. The fraction of sp³-hybridized carbons (Fsp3) is 0.333. The van der Waals surface area contributed by atoms with Crippen LogP contribution in [0.15, 0.2) is 36.5 Å². The maximum Gasteiger partial charge on any atom is 0.248 e. The summed E-state index contributed by atoms with van der Waals surface area (Å²) in [4.78, 5) is 15.8. The monoisotopic (exact) mass is 285 g/mol. The number of amides is 1. The summed E-state index contributed by atoms with van der Waals surface area (Å²) in [6, 6.07) is 9.50. The quantitative estimate of drug-likeness (QED) is 0.872. The van der Waals surface area contributed by atoms with Crippen molar-refractivity contribution in [2.24, 2.45) is 5.73 Å². The van der Waals surface area contributed by atoms with Gasteiger partial charge in [0.2, 0.25) is 5.91 Å². The van der Waals surface area contributed by atoms with Gasteiger partial charge in [-0.25, -0.2) is 0 Å². The number of H-pyrrole nitrogens is 1. The molecule has 1 aromatic heterocycles. The van der Waals surface area contributed by atoms with Crippen LogP contribution in [0.4, 0.5) is 5.69 Å². The SMILES string of the molecule is NC(=O)c1ccc(N2CCN(Cc3cc[nH]n3)CC2)cc1. The molecule has 0 unspecified atom stereocenters. The second kappa shape index (κ2) is 5.97. The lowest BCUT2D eigenvalue weighted by atomic mass is 10.1. The zero-order valence-electron chi connectivity index (χ0n) is 11.8. The predicted octanol–water partition coefficient (Wildman–Crippen LogP) is 0.831. The molecule has 0 spiro atoms. The molecule has 21 heavy (non-hydrogen) atoms. The lowest BCUT2D eigenvalue weighted by Crippen LogP contribution is -2.46. The molecular formula is C15H19N5O. The number of piperazine rings is 1. The van der Waals surface area contributed by atoms with Crippen LogP contribution in [0.25, 0.3) is 0 Å². The Morgan fingerprint density at radius 1 is 1.14 bits per heavy atom. The molecule has 110 valence electrons. The van der Waals surface area contributed by atoms with Gasteiger partial charge < -0.3 is 10.6 Å². The van der Waals surface area contributed by atoms with Gasteiger partial charge in [-0.3, -0.25) is 14.8 Å². The third-order valence-electron chi connectivity index (χ3n) is 3.83. The largest absolute Gasteiger partial charge is 0.369 e. The van der Waals surface area contributed by atoms with Gasteiger partial charge in [0.05, 0.1) is 5.69 Å². The molecule has 6 nitrogen and oxygen atoms in total. The molecule has 2 aromatic rings. The van der Waals surface area contributed by atoms with Crippen molar-refractivity contribution in [2.45, 2.75) is 6.54 Å². The highest BCUT2D eigenvalue weighted by molar-refractivity contribution is 5.93. The molecule has 2 heterocycles. The molecule has 1 saturated heterocycles. The van der Waals surface area contributed by atoms with E-state index < -0.39 is 0 Å². The highest BCUT2D eigenvalue weighted by atomic mass is 16.1. The van der Waals surface area contributed by atoms with Crippen LogP contribution in [-0.4, -0.2) is 47.2 Å². The number of hydrogen-bond donors (Lipinski definition) is 2. The van der Waals surface area contributed by atoms with E-state index in [0.717, 1.165) is 44.1 Å². The number of rotatable bonds is 4. The van der Waals surface area contributed by atoms with E-state index in [1.807, 2.05) is 24.4 Å². The molecule has 3 rings (SSSR count). The van der Waals surface area contributed by atoms with Crippen molar-refractivity contribution in [3.05, 3.63) is 47.8 Å². The van der Waals surface area contributed by atoms with Crippen LogP contribution in [0.2, 0.25) is 0 Å². The van der Waals surface area contributed by atoms with E-state index in [-0.39, 0.29) is 5.91 Å². The minimum absolute atomic E-state index is 0.384. The fourth-order valence-electron chi connectivity index (χ4n) is 2.61. The number of benzene rings is 1. The first-order valence-corrected chi connectivity index (χ1v) is 7.08. The number of anilines is 1. The van der Waals surface area contributed by atoms with E-state index >= 15 is 0 Å². The number of aromatic nitrogens is 2.